The normalized spacial score (nSPS) is 10.8. The monoisotopic (exact) mass is 285 g/mol. The maximum Gasteiger partial charge on any atom is 0.171 e. The molecule has 2 aromatic heterocycles. The number of nitrogen functional groups attached to an aromatic ring is 1. The third-order valence-corrected chi connectivity index (χ3v) is 3.27. The Morgan fingerprint density at radius 2 is 1.76 bits per heavy atom. The van der Waals surface area contributed by atoms with Gasteiger partial charge < -0.3 is 15.2 Å². The fourth-order valence-electron chi connectivity index (χ4n) is 2.23. The summed E-state index contributed by atoms with van der Waals surface area (Å²) in [7, 11) is 4.98. The summed E-state index contributed by atoms with van der Waals surface area (Å²) in [4.78, 5) is 8.89. The van der Waals surface area contributed by atoms with Crippen molar-refractivity contribution in [1.82, 2.24) is 19.7 Å². The van der Waals surface area contributed by atoms with Crippen LogP contribution < -0.4 is 15.2 Å². The first-order valence-corrected chi connectivity index (χ1v) is 6.32. The number of hydrogen-bond donors (Lipinski definition) is 1. The molecule has 1 aromatic carbocycles. The number of aromatic nitrogens is 4. The third kappa shape index (κ3) is 2.03. The van der Waals surface area contributed by atoms with E-state index in [0.717, 1.165) is 5.39 Å². The maximum absolute atomic E-state index is 6.00. The summed E-state index contributed by atoms with van der Waals surface area (Å²) < 4.78 is 12.4. The number of fused-ring (bicyclic) bond motifs is 1. The van der Waals surface area contributed by atoms with Crippen molar-refractivity contribution in [2.75, 3.05) is 20.0 Å². The van der Waals surface area contributed by atoms with Crippen LogP contribution in [0.25, 0.3) is 22.4 Å². The highest BCUT2D eigenvalue weighted by Gasteiger charge is 2.18. The van der Waals surface area contributed by atoms with E-state index in [-0.39, 0.29) is 0 Å². The molecule has 108 valence electrons. The second kappa shape index (κ2) is 4.93. The maximum atomic E-state index is 6.00. The molecule has 7 heteroatoms. The highest BCUT2D eigenvalue weighted by atomic mass is 16.5. The van der Waals surface area contributed by atoms with Crippen LogP contribution in [-0.2, 0) is 7.05 Å². The lowest BCUT2D eigenvalue weighted by atomic mass is 10.1. The van der Waals surface area contributed by atoms with Gasteiger partial charge in [-0.15, -0.1) is 0 Å². The Kier molecular flexibility index (Phi) is 3.09. The minimum atomic E-state index is 0.371. The molecule has 3 rings (SSSR count). The molecule has 2 N–H and O–H groups in total. The molecule has 21 heavy (non-hydrogen) atoms. The van der Waals surface area contributed by atoms with Crippen molar-refractivity contribution in [3.8, 4) is 22.9 Å². The minimum absolute atomic E-state index is 0.371. The van der Waals surface area contributed by atoms with Crippen LogP contribution in [0.4, 0.5) is 5.82 Å². The average molecular weight is 285 g/mol. The summed E-state index contributed by atoms with van der Waals surface area (Å²) in [6, 6.07) is 5.49. The minimum Gasteiger partial charge on any atom is -0.496 e. The molecule has 0 saturated heterocycles. The molecular weight excluding hydrogens is 270 g/mol. The fraction of sp³-hybridized carbons (Fsp3) is 0.214. The van der Waals surface area contributed by atoms with Crippen molar-refractivity contribution >= 4 is 16.9 Å². The molecule has 0 atom stereocenters. The van der Waals surface area contributed by atoms with E-state index in [1.54, 1.807) is 32.1 Å². The van der Waals surface area contributed by atoms with E-state index in [9.17, 15) is 0 Å². The van der Waals surface area contributed by atoms with Crippen molar-refractivity contribution in [2.45, 2.75) is 0 Å². The Bertz CT molecular complexity index is 790. The zero-order valence-corrected chi connectivity index (χ0v) is 12.0. The zero-order valence-electron chi connectivity index (χ0n) is 12.0. The Morgan fingerprint density at radius 3 is 2.38 bits per heavy atom. The molecule has 0 unspecified atom stereocenters. The zero-order chi connectivity index (χ0) is 15.0. The lowest BCUT2D eigenvalue weighted by Gasteiger charge is -2.12. The molecule has 0 radical (unpaired) electrons. The summed E-state index contributed by atoms with van der Waals surface area (Å²) in [5.41, 5.74) is 7.33. The summed E-state index contributed by atoms with van der Waals surface area (Å²) in [5, 5.41) is 4.87. The summed E-state index contributed by atoms with van der Waals surface area (Å²) in [6.07, 6.45) is 1.65. The smallest absolute Gasteiger partial charge is 0.171 e. The molecule has 7 nitrogen and oxygen atoms in total. The molecule has 0 fully saturated rings. The van der Waals surface area contributed by atoms with Crippen LogP contribution >= 0.6 is 0 Å². The van der Waals surface area contributed by atoms with Gasteiger partial charge in [0, 0.05) is 7.05 Å². The van der Waals surface area contributed by atoms with Gasteiger partial charge in [-0.25, -0.2) is 9.97 Å². The van der Waals surface area contributed by atoms with Crippen LogP contribution in [0.5, 0.6) is 11.5 Å². The first-order chi connectivity index (χ1) is 10.2. The predicted molar refractivity (Wildman–Crippen MR) is 79.3 cm³/mol. The van der Waals surface area contributed by atoms with Crippen molar-refractivity contribution in [2.24, 2.45) is 7.05 Å². The standard InChI is InChI=1S/C14H15N5O2/c1-19-14-8(7-16-19)12(15)17-13(18-14)11-9(20-2)5-4-6-10(11)21-3/h4-7H,1-3H3,(H2,15,17,18). The largest absolute Gasteiger partial charge is 0.496 e. The van der Waals surface area contributed by atoms with Gasteiger partial charge in [-0.05, 0) is 12.1 Å². The lowest BCUT2D eigenvalue weighted by Crippen LogP contribution is -2.02. The van der Waals surface area contributed by atoms with Crippen molar-refractivity contribution < 1.29 is 9.47 Å². The highest BCUT2D eigenvalue weighted by Crippen LogP contribution is 2.37. The van der Waals surface area contributed by atoms with Crippen LogP contribution in [0.15, 0.2) is 24.4 Å². The number of anilines is 1. The van der Waals surface area contributed by atoms with E-state index in [0.29, 0.717) is 34.4 Å². The van der Waals surface area contributed by atoms with Gasteiger partial charge in [-0.3, -0.25) is 4.68 Å². The number of nitrogens with two attached hydrogens (primary N) is 1. The summed E-state index contributed by atoms with van der Waals surface area (Å²) >= 11 is 0. The van der Waals surface area contributed by atoms with E-state index in [2.05, 4.69) is 15.1 Å². The second-order valence-electron chi connectivity index (χ2n) is 4.48. The van der Waals surface area contributed by atoms with E-state index in [1.165, 1.54) is 0 Å². The van der Waals surface area contributed by atoms with Gasteiger partial charge in [0.05, 0.1) is 25.8 Å². The first kappa shape index (κ1) is 13.2. The third-order valence-electron chi connectivity index (χ3n) is 3.27. The Hall–Kier alpha value is -2.83. The predicted octanol–water partition coefficient (Wildman–Crippen LogP) is 1.63. The summed E-state index contributed by atoms with van der Waals surface area (Å²) in [6.45, 7) is 0. The van der Waals surface area contributed by atoms with Crippen LogP contribution in [0, 0.1) is 0 Å². The Morgan fingerprint density at radius 1 is 1.10 bits per heavy atom. The molecule has 0 bridgehead atoms. The first-order valence-electron chi connectivity index (χ1n) is 6.32. The van der Waals surface area contributed by atoms with Gasteiger partial charge in [0.15, 0.2) is 11.5 Å². The number of ether oxygens (including phenoxy) is 2. The molecular formula is C14H15N5O2. The van der Waals surface area contributed by atoms with Gasteiger partial charge in [0.2, 0.25) is 0 Å². The molecule has 3 aromatic rings. The lowest BCUT2D eigenvalue weighted by molar-refractivity contribution is 0.397. The van der Waals surface area contributed by atoms with E-state index < -0.39 is 0 Å². The van der Waals surface area contributed by atoms with E-state index in [4.69, 9.17) is 15.2 Å². The number of nitrogens with zero attached hydrogens (tertiary/aromatic N) is 4. The number of benzene rings is 1. The summed E-state index contributed by atoms with van der Waals surface area (Å²) in [5.74, 6) is 2.06. The van der Waals surface area contributed by atoms with Crippen LogP contribution in [-0.4, -0.2) is 34.0 Å². The van der Waals surface area contributed by atoms with Gasteiger partial charge in [0.25, 0.3) is 0 Å². The number of methoxy groups -OCH3 is 2. The van der Waals surface area contributed by atoms with Crippen LogP contribution in [0.1, 0.15) is 0 Å². The number of hydrogen-bond acceptors (Lipinski definition) is 6. The fourth-order valence-corrected chi connectivity index (χ4v) is 2.23. The highest BCUT2D eigenvalue weighted by molar-refractivity contribution is 5.88. The Balaban J connectivity index is 2.32. The van der Waals surface area contributed by atoms with Crippen molar-refractivity contribution in [1.29, 1.82) is 0 Å². The average Bonchev–Trinajstić information content (AvgIpc) is 2.88. The quantitative estimate of drug-likeness (QED) is 0.787. The topological polar surface area (TPSA) is 88.1 Å². The molecule has 0 spiro atoms. The second-order valence-corrected chi connectivity index (χ2v) is 4.48. The van der Waals surface area contributed by atoms with E-state index >= 15 is 0 Å². The van der Waals surface area contributed by atoms with Gasteiger partial charge >= 0.3 is 0 Å². The number of rotatable bonds is 3. The van der Waals surface area contributed by atoms with Crippen molar-refractivity contribution in [3.05, 3.63) is 24.4 Å². The molecule has 0 saturated carbocycles. The molecule has 0 amide bonds. The number of aryl methyl sites for hydroxylation is 1. The Labute approximate surface area is 121 Å². The molecule has 0 aliphatic heterocycles. The van der Waals surface area contributed by atoms with Crippen LogP contribution in [0.2, 0.25) is 0 Å². The molecule has 0 aliphatic rings. The van der Waals surface area contributed by atoms with Crippen LogP contribution in [0.3, 0.4) is 0 Å². The van der Waals surface area contributed by atoms with Gasteiger partial charge in [-0.1, -0.05) is 6.07 Å². The molecule has 2 heterocycles. The van der Waals surface area contributed by atoms with Crippen molar-refractivity contribution in [3.63, 3.8) is 0 Å². The SMILES string of the molecule is COc1cccc(OC)c1-c1nc(N)c2cnn(C)c2n1. The van der Waals surface area contributed by atoms with Gasteiger partial charge in [0.1, 0.15) is 22.9 Å². The van der Waals surface area contributed by atoms with Gasteiger partial charge in [-0.2, -0.15) is 5.10 Å². The molecule has 0 aliphatic carbocycles. The van der Waals surface area contributed by atoms with E-state index in [1.807, 2.05) is 18.2 Å².